The molecule has 0 atom stereocenters. The van der Waals surface area contributed by atoms with Crippen molar-refractivity contribution in [3.05, 3.63) is 24.3 Å². The molecule has 1 amide bonds. The van der Waals surface area contributed by atoms with Gasteiger partial charge in [-0.1, -0.05) is 12.1 Å². The third-order valence-electron chi connectivity index (χ3n) is 2.44. The van der Waals surface area contributed by atoms with Crippen molar-refractivity contribution in [2.24, 2.45) is 0 Å². The number of hydrogen-bond donors (Lipinski definition) is 3. The predicted octanol–water partition coefficient (Wildman–Crippen LogP) is 1.63. The van der Waals surface area contributed by atoms with Crippen molar-refractivity contribution in [1.82, 2.24) is 10.2 Å². The Kier molecular flexibility index (Phi) is 3.18. The van der Waals surface area contributed by atoms with Crippen molar-refractivity contribution in [1.29, 1.82) is 0 Å². The van der Waals surface area contributed by atoms with E-state index in [1.165, 1.54) is 6.92 Å². The molecule has 0 aliphatic rings. The summed E-state index contributed by atoms with van der Waals surface area (Å²) in [6, 6.07) is 7.14. The van der Waals surface area contributed by atoms with Crippen LogP contribution < -0.4 is 15.8 Å². The van der Waals surface area contributed by atoms with Crippen molar-refractivity contribution in [3.8, 4) is 17.0 Å². The standard InChI is InChI=1S/C12H14N4O2/c1-7(17)14-12-8(4-3-5-10(12)18-2)9-6-11(13)16-15-9/h3-6H,1-2H3,(H,14,17)(H3,13,15,16). The number of nitrogens with one attached hydrogen (secondary N) is 2. The Labute approximate surface area is 104 Å². The van der Waals surface area contributed by atoms with Crippen LogP contribution in [0.3, 0.4) is 0 Å². The fourth-order valence-electron chi connectivity index (χ4n) is 1.71. The Hall–Kier alpha value is -2.50. The van der Waals surface area contributed by atoms with E-state index in [4.69, 9.17) is 10.5 Å². The molecule has 0 radical (unpaired) electrons. The van der Waals surface area contributed by atoms with E-state index in [0.717, 1.165) is 11.3 Å². The summed E-state index contributed by atoms with van der Waals surface area (Å²) in [6.45, 7) is 1.44. The normalized spacial score (nSPS) is 10.1. The number of amides is 1. The summed E-state index contributed by atoms with van der Waals surface area (Å²) in [7, 11) is 1.55. The molecule has 4 N–H and O–H groups in total. The fourth-order valence-corrected chi connectivity index (χ4v) is 1.71. The number of rotatable bonds is 3. The molecule has 0 saturated carbocycles. The van der Waals surface area contributed by atoms with Gasteiger partial charge in [-0.2, -0.15) is 5.10 Å². The first kappa shape index (κ1) is 12.0. The second-order valence-corrected chi connectivity index (χ2v) is 3.77. The van der Waals surface area contributed by atoms with Crippen LogP contribution in [0.4, 0.5) is 11.5 Å². The number of aromatic amines is 1. The van der Waals surface area contributed by atoms with Crippen LogP contribution in [-0.4, -0.2) is 23.2 Å². The largest absolute Gasteiger partial charge is 0.495 e. The summed E-state index contributed by atoms with van der Waals surface area (Å²) < 4.78 is 5.23. The molecule has 0 fully saturated rings. The Morgan fingerprint density at radius 2 is 2.28 bits per heavy atom. The lowest BCUT2D eigenvalue weighted by Gasteiger charge is -2.12. The molecule has 1 aromatic heterocycles. The molecule has 0 saturated heterocycles. The summed E-state index contributed by atoms with van der Waals surface area (Å²) in [5.41, 5.74) is 7.66. The minimum atomic E-state index is -0.173. The highest BCUT2D eigenvalue weighted by Gasteiger charge is 2.13. The highest BCUT2D eigenvalue weighted by Crippen LogP contribution is 2.35. The molecular formula is C12H14N4O2. The van der Waals surface area contributed by atoms with Crippen LogP contribution in [0.2, 0.25) is 0 Å². The maximum Gasteiger partial charge on any atom is 0.221 e. The number of H-pyrrole nitrogens is 1. The van der Waals surface area contributed by atoms with Crippen molar-refractivity contribution < 1.29 is 9.53 Å². The number of nitrogens with zero attached hydrogens (tertiary/aromatic N) is 1. The fraction of sp³-hybridized carbons (Fsp3) is 0.167. The molecule has 0 aliphatic carbocycles. The number of methoxy groups -OCH3 is 1. The van der Waals surface area contributed by atoms with E-state index >= 15 is 0 Å². The minimum absolute atomic E-state index is 0.173. The number of carbonyl (C=O) groups is 1. The third kappa shape index (κ3) is 2.27. The first-order valence-corrected chi connectivity index (χ1v) is 5.37. The first-order chi connectivity index (χ1) is 8.61. The van der Waals surface area contributed by atoms with Gasteiger partial charge in [-0.25, -0.2) is 0 Å². The number of hydrogen-bond acceptors (Lipinski definition) is 4. The topological polar surface area (TPSA) is 93.0 Å². The van der Waals surface area contributed by atoms with Crippen LogP contribution in [0.15, 0.2) is 24.3 Å². The molecule has 1 heterocycles. The number of benzene rings is 1. The van der Waals surface area contributed by atoms with Gasteiger partial charge in [0.15, 0.2) is 0 Å². The lowest BCUT2D eigenvalue weighted by atomic mass is 10.1. The first-order valence-electron chi connectivity index (χ1n) is 5.37. The highest BCUT2D eigenvalue weighted by molar-refractivity contribution is 5.96. The van der Waals surface area contributed by atoms with Gasteiger partial charge >= 0.3 is 0 Å². The number of anilines is 2. The second-order valence-electron chi connectivity index (χ2n) is 3.77. The van der Waals surface area contributed by atoms with Crippen LogP contribution in [0.5, 0.6) is 5.75 Å². The van der Waals surface area contributed by atoms with E-state index in [1.54, 1.807) is 19.2 Å². The molecule has 18 heavy (non-hydrogen) atoms. The van der Waals surface area contributed by atoms with E-state index in [2.05, 4.69) is 15.5 Å². The third-order valence-corrected chi connectivity index (χ3v) is 2.44. The Morgan fingerprint density at radius 3 is 2.83 bits per heavy atom. The van der Waals surface area contributed by atoms with E-state index in [-0.39, 0.29) is 5.91 Å². The van der Waals surface area contributed by atoms with Gasteiger partial charge in [0.05, 0.1) is 18.5 Å². The highest BCUT2D eigenvalue weighted by atomic mass is 16.5. The molecule has 6 heteroatoms. The van der Waals surface area contributed by atoms with Crippen LogP contribution in [0.25, 0.3) is 11.3 Å². The minimum Gasteiger partial charge on any atom is -0.495 e. The Morgan fingerprint density at radius 1 is 1.50 bits per heavy atom. The monoisotopic (exact) mass is 246 g/mol. The number of ether oxygens (including phenoxy) is 1. The van der Waals surface area contributed by atoms with E-state index < -0.39 is 0 Å². The van der Waals surface area contributed by atoms with Gasteiger partial charge in [0, 0.05) is 18.6 Å². The maximum atomic E-state index is 11.3. The molecule has 6 nitrogen and oxygen atoms in total. The molecule has 1 aromatic carbocycles. The molecule has 2 aromatic rings. The van der Waals surface area contributed by atoms with Gasteiger partial charge in [-0.05, 0) is 6.07 Å². The van der Waals surface area contributed by atoms with Crippen LogP contribution in [-0.2, 0) is 4.79 Å². The number of nitrogens with two attached hydrogens (primary N) is 1. The molecule has 0 aliphatic heterocycles. The van der Waals surface area contributed by atoms with Gasteiger partial charge < -0.3 is 15.8 Å². The zero-order valence-electron chi connectivity index (χ0n) is 10.2. The lowest BCUT2D eigenvalue weighted by Crippen LogP contribution is -2.08. The second kappa shape index (κ2) is 4.79. The Balaban J connectivity index is 2.55. The molecule has 0 spiro atoms. The van der Waals surface area contributed by atoms with Crippen molar-refractivity contribution >= 4 is 17.4 Å². The van der Waals surface area contributed by atoms with Gasteiger partial charge in [0.1, 0.15) is 11.6 Å². The molecular weight excluding hydrogens is 232 g/mol. The summed E-state index contributed by atoms with van der Waals surface area (Å²) in [4.78, 5) is 11.3. The smallest absolute Gasteiger partial charge is 0.221 e. The summed E-state index contributed by atoms with van der Waals surface area (Å²) in [5.74, 6) is 0.797. The van der Waals surface area contributed by atoms with Gasteiger partial charge in [-0.15, -0.1) is 0 Å². The number of aromatic nitrogens is 2. The van der Waals surface area contributed by atoms with Crippen LogP contribution >= 0.6 is 0 Å². The summed E-state index contributed by atoms with van der Waals surface area (Å²) >= 11 is 0. The van der Waals surface area contributed by atoms with Gasteiger partial charge in [0.25, 0.3) is 0 Å². The van der Waals surface area contributed by atoms with E-state index in [9.17, 15) is 4.79 Å². The van der Waals surface area contributed by atoms with Crippen molar-refractivity contribution in [2.75, 3.05) is 18.2 Å². The average Bonchev–Trinajstić information content (AvgIpc) is 2.75. The lowest BCUT2D eigenvalue weighted by molar-refractivity contribution is -0.114. The van der Waals surface area contributed by atoms with E-state index in [0.29, 0.717) is 17.3 Å². The number of nitrogen functional groups attached to an aromatic ring is 1. The Bertz CT molecular complexity index is 577. The number of para-hydroxylation sites is 1. The van der Waals surface area contributed by atoms with Crippen molar-refractivity contribution in [3.63, 3.8) is 0 Å². The molecule has 0 unspecified atom stereocenters. The molecule has 94 valence electrons. The van der Waals surface area contributed by atoms with E-state index in [1.807, 2.05) is 12.1 Å². The molecule has 0 bridgehead atoms. The van der Waals surface area contributed by atoms with Crippen molar-refractivity contribution in [2.45, 2.75) is 6.92 Å². The average molecular weight is 246 g/mol. The summed E-state index contributed by atoms with van der Waals surface area (Å²) in [5, 5.41) is 9.42. The predicted molar refractivity (Wildman–Crippen MR) is 69.3 cm³/mol. The van der Waals surface area contributed by atoms with Gasteiger partial charge in [-0.3, -0.25) is 9.89 Å². The van der Waals surface area contributed by atoms with Crippen LogP contribution in [0, 0.1) is 0 Å². The zero-order chi connectivity index (χ0) is 13.1. The zero-order valence-corrected chi connectivity index (χ0v) is 10.2. The summed E-state index contributed by atoms with van der Waals surface area (Å²) in [6.07, 6.45) is 0. The van der Waals surface area contributed by atoms with Crippen LogP contribution in [0.1, 0.15) is 6.92 Å². The van der Waals surface area contributed by atoms with Gasteiger partial charge in [0.2, 0.25) is 5.91 Å². The molecule has 2 rings (SSSR count). The SMILES string of the molecule is COc1cccc(-c2cc(N)n[nH]2)c1NC(C)=O. The quantitative estimate of drug-likeness (QED) is 0.767. The number of carbonyl (C=O) groups excluding carboxylic acids is 1. The maximum absolute atomic E-state index is 11.3.